The molecule has 0 aromatic heterocycles. The quantitative estimate of drug-likeness (QED) is 0.504. The van der Waals surface area contributed by atoms with Crippen molar-refractivity contribution in [2.45, 2.75) is 46.0 Å². The van der Waals surface area contributed by atoms with E-state index < -0.39 is 0 Å². The summed E-state index contributed by atoms with van der Waals surface area (Å²) in [6.45, 7) is 7.98. The zero-order chi connectivity index (χ0) is 9.40. The first-order chi connectivity index (χ1) is 5.76. The standard InChI is InChI=1S/C11H20/c1-4-7-10-11(8-5-2)9-6-3/h5,10H,2,4,6-9H2,1,3H3/i10D. The van der Waals surface area contributed by atoms with Crippen LogP contribution < -0.4 is 0 Å². The molecule has 0 unspecified atom stereocenters. The Balaban J connectivity index is 4.20. The zero-order valence-electron chi connectivity index (χ0n) is 8.82. The van der Waals surface area contributed by atoms with Crippen molar-refractivity contribution in [1.82, 2.24) is 0 Å². The fraction of sp³-hybridized carbons (Fsp3) is 0.636. The van der Waals surface area contributed by atoms with Crippen molar-refractivity contribution < 1.29 is 1.37 Å². The van der Waals surface area contributed by atoms with Crippen molar-refractivity contribution in [3.63, 3.8) is 0 Å². The minimum Gasteiger partial charge on any atom is -0.103 e. The molecule has 0 atom stereocenters. The van der Waals surface area contributed by atoms with Gasteiger partial charge >= 0.3 is 0 Å². The normalized spacial score (nSPS) is 13.8. The van der Waals surface area contributed by atoms with Gasteiger partial charge in [0.05, 0.1) is 1.37 Å². The van der Waals surface area contributed by atoms with Crippen LogP contribution in [0.2, 0.25) is 0 Å². The molecule has 0 bridgehead atoms. The molecule has 0 fully saturated rings. The molecule has 64 valence electrons. The lowest BCUT2D eigenvalue weighted by molar-refractivity contribution is 0.854. The summed E-state index contributed by atoms with van der Waals surface area (Å²) in [6.07, 6.45) is 6.98. The van der Waals surface area contributed by atoms with Crippen LogP contribution in [0.4, 0.5) is 0 Å². The third-order valence-electron chi connectivity index (χ3n) is 1.57. The molecule has 11 heavy (non-hydrogen) atoms. The summed E-state index contributed by atoms with van der Waals surface area (Å²) in [5.41, 5.74) is 1.27. The number of allylic oxidation sites excluding steroid dienone is 3. The van der Waals surface area contributed by atoms with Crippen molar-refractivity contribution in [2.24, 2.45) is 0 Å². The monoisotopic (exact) mass is 153 g/mol. The number of hydrogen-bond donors (Lipinski definition) is 0. The van der Waals surface area contributed by atoms with E-state index in [1.165, 1.54) is 5.57 Å². The molecule has 0 rings (SSSR count). The van der Waals surface area contributed by atoms with Crippen LogP contribution in [0.15, 0.2) is 24.3 Å². The minimum absolute atomic E-state index is 0.833. The third-order valence-corrected chi connectivity index (χ3v) is 1.57. The molecule has 0 aliphatic carbocycles. The van der Waals surface area contributed by atoms with E-state index in [9.17, 15) is 0 Å². The van der Waals surface area contributed by atoms with Gasteiger partial charge in [-0.05, 0) is 19.3 Å². The predicted octanol–water partition coefficient (Wildman–Crippen LogP) is 4.09. The van der Waals surface area contributed by atoms with Gasteiger partial charge in [0, 0.05) is 0 Å². The average Bonchev–Trinajstić information content (AvgIpc) is 2.04. The van der Waals surface area contributed by atoms with E-state index in [0.29, 0.717) is 0 Å². The van der Waals surface area contributed by atoms with E-state index in [1.807, 2.05) is 6.08 Å². The Hall–Kier alpha value is -0.520. The Morgan fingerprint density at radius 3 is 2.64 bits per heavy atom. The summed E-state index contributed by atoms with van der Waals surface area (Å²) in [7, 11) is 0. The fourth-order valence-corrected chi connectivity index (χ4v) is 1.04. The number of hydrogen-bond acceptors (Lipinski definition) is 0. The van der Waals surface area contributed by atoms with E-state index in [-0.39, 0.29) is 0 Å². The SMILES string of the molecule is [2H]C(CCC)=C(CC=C)CCC. The van der Waals surface area contributed by atoms with E-state index in [1.54, 1.807) is 0 Å². The van der Waals surface area contributed by atoms with Crippen LogP contribution in [0.3, 0.4) is 0 Å². The fourth-order valence-electron chi connectivity index (χ4n) is 1.04. The van der Waals surface area contributed by atoms with Crippen LogP contribution in [0.5, 0.6) is 0 Å². The molecular formula is C11H20. The highest BCUT2D eigenvalue weighted by atomic mass is 14.0. The molecule has 0 aliphatic heterocycles. The smallest absolute Gasteiger partial charge is 0.0575 e. The molecule has 0 spiro atoms. The van der Waals surface area contributed by atoms with Gasteiger partial charge in [0.25, 0.3) is 0 Å². The Morgan fingerprint density at radius 1 is 1.45 bits per heavy atom. The summed E-state index contributed by atoms with van der Waals surface area (Å²) in [4.78, 5) is 0. The van der Waals surface area contributed by atoms with Gasteiger partial charge in [0.2, 0.25) is 0 Å². The Morgan fingerprint density at radius 2 is 2.18 bits per heavy atom. The topological polar surface area (TPSA) is 0 Å². The van der Waals surface area contributed by atoms with Gasteiger partial charge in [0.15, 0.2) is 0 Å². The third kappa shape index (κ3) is 5.90. The molecule has 0 N–H and O–H groups in total. The van der Waals surface area contributed by atoms with Crippen LogP contribution in [-0.2, 0) is 0 Å². The highest BCUT2D eigenvalue weighted by Gasteiger charge is 1.91. The van der Waals surface area contributed by atoms with Gasteiger partial charge in [-0.25, -0.2) is 0 Å². The molecule has 0 amide bonds. The summed E-state index contributed by atoms with van der Waals surface area (Å²) >= 11 is 0. The largest absolute Gasteiger partial charge is 0.103 e. The second-order valence-corrected chi connectivity index (χ2v) is 2.77. The zero-order valence-corrected chi connectivity index (χ0v) is 7.82. The van der Waals surface area contributed by atoms with Gasteiger partial charge in [-0.15, -0.1) is 6.58 Å². The van der Waals surface area contributed by atoms with Crippen molar-refractivity contribution >= 4 is 0 Å². The molecule has 0 nitrogen and oxygen atoms in total. The predicted molar refractivity (Wildman–Crippen MR) is 52.7 cm³/mol. The molecule has 0 aromatic carbocycles. The van der Waals surface area contributed by atoms with Crippen molar-refractivity contribution in [2.75, 3.05) is 0 Å². The minimum atomic E-state index is 0.833. The van der Waals surface area contributed by atoms with Crippen LogP contribution in [-0.4, -0.2) is 0 Å². The lowest BCUT2D eigenvalue weighted by Crippen LogP contribution is -1.80. The Labute approximate surface area is 72.4 Å². The highest BCUT2D eigenvalue weighted by molar-refractivity contribution is 5.05. The highest BCUT2D eigenvalue weighted by Crippen LogP contribution is 2.11. The molecular weight excluding hydrogens is 132 g/mol. The lowest BCUT2D eigenvalue weighted by atomic mass is 10.1. The molecule has 0 heteroatoms. The van der Waals surface area contributed by atoms with Crippen molar-refractivity contribution in [1.29, 1.82) is 0 Å². The maximum absolute atomic E-state index is 7.77. The van der Waals surface area contributed by atoms with Gasteiger partial charge in [-0.2, -0.15) is 0 Å². The van der Waals surface area contributed by atoms with Crippen molar-refractivity contribution in [3.8, 4) is 0 Å². The first-order valence-electron chi connectivity index (χ1n) is 5.04. The van der Waals surface area contributed by atoms with Crippen LogP contribution in [0.25, 0.3) is 0 Å². The van der Waals surface area contributed by atoms with E-state index in [4.69, 9.17) is 1.37 Å². The van der Waals surface area contributed by atoms with E-state index >= 15 is 0 Å². The first kappa shape index (κ1) is 8.58. The van der Waals surface area contributed by atoms with Gasteiger partial charge < -0.3 is 0 Å². The molecule has 0 saturated carbocycles. The second kappa shape index (κ2) is 7.59. The first-order valence-corrected chi connectivity index (χ1v) is 4.54. The summed E-state index contributed by atoms with van der Waals surface area (Å²) in [6, 6.07) is 0.833. The maximum atomic E-state index is 7.77. The van der Waals surface area contributed by atoms with Crippen molar-refractivity contribution in [3.05, 3.63) is 24.3 Å². The van der Waals surface area contributed by atoms with Gasteiger partial charge in [0.1, 0.15) is 0 Å². The van der Waals surface area contributed by atoms with Crippen LogP contribution >= 0.6 is 0 Å². The van der Waals surface area contributed by atoms with Crippen LogP contribution in [0, 0.1) is 0 Å². The summed E-state index contributed by atoms with van der Waals surface area (Å²) in [5.74, 6) is 0. The van der Waals surface area contributed by atoms with Gasteiger partial charge in [-0.1, -0.05) is 44.4 Å². The molecule has 0 saturated heterocycles. The Kier molecular flexibility index (Phi) is 5.91. The molecule has 0 aliphatic rings. The lowest BCUT2D eigenvalue weighted by Gasteiger charge is -2.01. The molecule has 0 aromatic rings. The second-order valence-electron chi connectivity index (χ2n) is 2.77. The van der Waals surface area contributed by atoms with Gasteiger partial charge in [-0.3, -0.25) is 0 Å². The Bertz CT molecular complexity index is 156. The molecule has 0 radical (unpaired) electrons. The maximum Gasteiger partial charge on any atom is 0.0575 e. The summed E-state index contributed by atoms with van der Waals surface area (Å²) in [5, 5.41) is 0. The van der Waals surface area contributed by atoms with Crippen LogP contribution in [0.1, 0.15) is 47.3 Å². The summed E-state index contributed by atoms with van der Waals surface area (Å²) < 4.78 is 7.77. The molecule has 0 heterocycles. The average molecular weight is 153 g/mol. The number of rotatable bonds is 6. The van der Waals surface area contributed by atoms with E-state index in [2.05, 4.69) is 20.4 Å². The van der Waals surface area contributed by atoms with E-state index in [0.717, 1.165) is 38.2 Å².